The van der Waals surface area contributed by atoms with E-state index < -0.39 is 17.4 Å². The van der Waals surface area contributed by atoms with Crippen LogP contribution in [-0.2, 0) is 25.5 Å². The van der Waals surface area contributed by atoms with Gasteiger partial charge in [0.2, 0.25) is 0 Å². The van der Waals surface area contributed by atoms with Crippen molar-refractivity contribution < 1.29 is 19.1 Å². The number of hydrogen-bond acceptors (Lipinski definition) is 4. The molecule has 132 valence electrons. The van der Waals surface area contributed by atoms with Crippen molar-refractivity contribution in [1.82, 2.24) is 4.98 Å². The Morgan fingerprint density at radius 1 is 1.08 bits per heavy atom. The molecule has 5 nitrogen and oxygen atoms in total. The van der Waals surface area contributed by atoms with Crippen molar-refractivity contribution >= 4 is 22.8 Å². The third kappa shape index (κ3) is 2.95. The summed E-state index contributed by atoms with van der Waals surface area (Å²) in [6, 6.07) is 8.19. The number of H-pyrrole nitrogens is 1. The van der Waals surface area contributed by atoms with Crippen LogP contribution in [0.15, 0.2) is 41.6 Å². The van der Waals surface area contributed by atoms with E-state index in [0.717, 1.165) is 29.5 Å². The van der Waals surface area contributed by atoms with Gasteiger partial charge in [-0.25, -0.2) is 0 Å². The summed E-state index contributed by atoms with van der Waals surface area (Å²) in [7, 11) is 2.62. The molecule has 1 aliphatic carbocycles. The van der Waals surface area contributed by atoms with Crippen LogP contribution in [0.25, 0.3) is 10.9 Å². The zero-order valence-electron chi connectivity index (χ0n) is 14.8. The van der Waals surface area contributed by atoms with E-state index in [0.29, 0.717) is 12.8 Å². The van der Waals surface area contributed by atoms with Crippen LogP contribution in [0.5, 0.6) is 0 Å². The average molecular weight is 341 g/mol. The highest BCUT2D eigenvalue weighted by molar-refractivity contribution is 6.01. The molecule has 0 atom stereocenters. The molecule has 0 aliphatic heterocycles. The molecule has 1 aromatic carbocycles. The maximum atomic E-state index is 12.3. The third-order valence-electron chi connectivity index (χ3n) is 5.21. The fourth-order valence-corrected chi connectivity index (χ4v) is 3.84. The number of benzene rings is 1. The summed E-state index contributed by atoms with van der Waals surface area (Å²) in [5.41, 5.74) is 3.36. The second-order valence-electron chi connectivity index (χ2n) is 6.66. The minimum Gasteiger partial charge on any atom is -0.468 e. The van der Waals surface area contributed by atoms with E-state index in [1.807, 2.05) is 25.3 Å². The van der Waals surface area contributed by atoms with Crippen LogP contribution in [0.2, 0.25) is 0 Å². The molecular formula is C20H23NO4. The number of aromatic nitrogens is 1. The normalized spacial score (nSPS) is 16.3. The molecule has 3 rings (SSSR count). The number of allylic oxidation sites excluding steroid dienone is 2. The second kappa shape index (κ2) is 6.75. The van der Waals surface area contributed by atoms with Crippen molar-refractivity contribution in [3.63, 3.8) is 0 Å². The van der Waals surface area contributed by atoms with E-state index in [1.54, 1.807) is 0 Å². The Hall–Kier alpha value is -2.56. The van der Waals surface area contributed by atoms with Gasteiger partial charge in [0.1, 0.15) is 0 Å². The lowest BCUT2D eigenvalue weighted by atomic mass is 9.83. The van der Waals surface area contributed by atoms with Crippen LogP contribution >= 0.6 is 0 Å². The van der Waals surface area contributed by atoms with Gasteiger partial charge in [-0.05, 0) is 44.2 Å². The number of rotatable bonds is 5. The van der Waals surface area contributed by atoms with Gasteiger partial charge in [-0.1, -0.05) is 29.3 Å². The monoisotopic (exact) mass is 341 g/mol. The molecule has 1 N–H and O–H groups in total. The van der Waals surface area contributed by atoms with E-state index in [-0.39, 0.29) is 0 Å². The minimum absolute atomic E-state index is 0.371. The predicted molar refractivity (Wildman–Crippen MR) is 95.0 cm³/mol. The number of carbonyl (C=O) groups excluding carboxylic acids is 2. The Morgan fingerprint density at radius 2 is 1.76 bits per heavy atom. The molecule has 2 aromatic rings. The van der Waals surface area contributed by atoms with Crippen LogP contribution in [0, 0.1) is 5.41 Å². The van der Waals surface area contributed by atoms with Gasteiger partial charge in [0, 0.05) is 17.1 Å². The van der Waals surface area contributed by atoms with E-state index in [1.165, 1.54) is 25.2 Å². The van der Waals surface area contributed by atoms with Crippen molar-refractivity contribution in [1.29, 1.82) is 0 Å². The lowest BCUT2D eigenvalue weighted by molar-refractivity contribution is -0.168. The smallest absolute Gasteiger partial charge is 0.323 e. The summed E-state index contributed by atoms with van der Waals surface area (Å²) in [5, 5.41) is 1.21. The lowest BCUT2D eigenvalue weighted by Crippen LogP contribution is -2.39. The highest BCUT2D eigenvalue weighted by Crippen LogP contribution is 2.45. The molecule has 0 saturated carbocycles. The second-order valence-corrected chi connectivity index (χ2v) is 6.66. The molecule has 0 saturated heterocycles. The van der Waals surface area contributed by atoms with Crippen LogP contribution < -0.4 is 0 Å². The zero-order valence-corrected chi connectivity index (χ0v) is 14.8. The molecule has 0 bridgehead atoms. The lowest BCUT2D eigenvalue weighted by Gasteiger charge is -2.23. The Balaban J connectivity index is 1.78. The number of hydrogen-bond donors (Lipinski definition) is 1. The number of aryl methyl sites for hydroxylation is 1. The highest BCUT2D eigenvalue weighted by Gasteiger charge is 2.52. The molecule has 0 fully saturated rings. The Bertz CT molecular complexity index is 830. The SMILES string of the molecule is COC(=O)C1(C(=O)OC)CC(C)=C(CCc2c[nH]c3ccccc23)C1. The number of nitrogens with one attached hydrogen (secondary N) is 1. The van der Waals surface area contributed by atoms with Gasteiger partial charge >= 0.3 is 11.9 Å². The van der Waals surface area contributed by atoms with Crippen LogP contribution in [0.4, 0.5) is 0 Å². The molecule has 1 heterocycles. The average Bonchev–Trinajstić information content (AvgIpc) is 3.20. The van der Waals surface area contributed by atoms with Gasteiger partial charge in [0.25, 0.3) is 0 Å². The van der Waals surface area contributed by atoms with Gasteiger partial charge in [-0.3, -0.25) is 9.59 Å². The first kappa shape index (κ1) is 17.3. The van der Waals surface area contributed by atoms with E-state index in [4.69, 9.17) is 9.47 Å². The number of esters is 2. The van der Waals surface area contributed by atoms with Crippen LogP contribution in [0.1, 0.15) is 31.7 Å². The summed E-state index contributed by atoms with van der Waals surface area (Å²) in [6.07, 6.45) is 4.44. The Labute approximate surface area is 147 Å². The van der Waals surface area contributed by atoms with Crippen molar-refractivity contribution in [2.45, 2.75) is 32.6 Å². The summed E-state index contributed by atoms with van der Waals surface area (Å²) >= 11 is 0. The molecular weight excluding hydrogens is 318 g/mol. The van der Waals surface area contributed by atoms with Crippen molar-refractivity contribution in [3.8, 4) is 0 Å². The first-order valence-electron chi connectivity index (χ1n) is 8.41. The van der Waals surface area contributed by atoms with E-state index in [9.17, 15) is 9.59 Å². The molecule has 0 unspecified atom stereocenters. The van der Waals surface area contributed by atoms with Gasteiger partial charge in [0.15, 0.2) is 5.41 Å². The molecule has 5 heteroatoms. The summed E-state index contributed by atoms with van der Waals surface area (Å²) in [6.45, 7) is 1.98. The van der Waals surface area contributed by atoms with Crippen LogP contribution in [-0.4, -0.2) is 31.1 Å². The molecule has 0 spiro atoms. The topological polar surface area (TPSA) is 68.4 Å². The quantitative estimate of drug-likeness (QED) is 0.513. The first-order chi connectivity index (χ1) is 12.0. The van der Waals surface area contributed by atoms with Gasteiger partial charge in [-0.15, -0.1) is 0 Å². The maximum absolute atomic E-state index is 12.3. The number of methoxy groups -OCH3 is 2. The minimum atomic E-state index is -1.22. The summed E-state index contributed by atoms with van der Waals surface area (Å²) in [4.78, 5) is 27.8. The number of fused-ring (bicyclic) bond motifs is 1. The number of ether oxygens (including phenoxy) is 2. The maximum Gasteiger partial charge on any atom is 0.323 e. The van der Waals surface area contributed by atoms with Crippen molar-refractivity contribution in [2.24, 2.45) is 5.41 Å². The molecule has 0 radical (unpaired) electrons. The summed E-state index contributed by atoms with van der Waals surface area (Å²) < 4.78 is 9.79. The number of aromatic amines is 1. The van der Waals surface area contributed by atoms with E-state index >= 15 is 0 Å². The first-order valence-corrected chi connectivity index (χ1v) is 8.41. The van der Waals surface area contributed by atoms with Crippen molar-refractivity contribution in [2.75, 3.05) is 14.2 Å². The molecule has 25 heavy (non-hydrogen) atoms. The molecule has 1 aromatic heterocycles. The Kier molecular flexibility index (Phi) is 4.66. The van der Waals surface area contributed by atoms with Crippen LogP contribution in [0.3, 0.4) is 0 Å². The highest BCUT2D eigenvalue weighted by atomic mass is 16.5. The fraction of sp³-hybridized carbons (Fsp3) is 0.400. The van der Waals surface area contributed by atoms with Gasteiger partial charge in [0.05, 0.1) is 14.2 Å². The Morgan fingerprint density at radius 3 is 2.44 bits per heavy atom. The predicted octanol–water partition coefficient (Wildman–Crippen LogP) is 3.54. The van der Waals surface area contributed by atoms with Gasteiger partial charge < -0.3 is 14.5 Å². The number of carbonyl (C=O) groups is 2. The van der Waals surface area contributed by atoms with E-state index in [2.05, 4.69) is 17.1 Å². The largest absolute Gasteiger partial charge is 0.468 e. The summed E-state index contributed by atoms with van der Waals surface area (Å²) in [5.74, 6) is -1.03. The number of para-hydroxylation sites is 1. The molecule has 0 amide bonds. The molecule has 1 aliphatic rings. The standard InChI is InChI=1S/C20H23NO4/c1-13-10-20(18(22)24-2,19(23)25-3)11-14(13)8-9-15-12-21-17-7-5-4-6-16(15)17/h4-7,12,21H,8-11H2,1-3H3. The third-order valence-corrected chi connectivity index (χ3v) is 5.21. The van der Waals surface area contributed by atoms with Gasteiger partial charge in [-0.2, -0.15) is 0 Å². The van der Waals surface area contributed by atoms with Crippen molar-refractivity contribution in [3.05, 3.63) is 47.2 Å². The zero-order chi connectivity index (χ0) is 18.0. The fourth-order valence-electron chi connectivity index (χ4n) is 3.84.